The number of nitrogens with zero attached hydrogens (tertiary/aromatic N) is 2. The third-order valence-corrected chi connectivity index (χ3v) is 3.04. The Kier molecular flexibility index (Phi) is 4.34. The van der Waals surface area contributed by atoms with Crippen molar-refractivity contribution in [3.8, 4) is 0 Å². The summed E-state index contributed by atoms with van der Waals surface area (Å²) in [6.07, 6.45) is 2.07. The second-order valence-electron chi connectivity index (χ2n) is 4.70. The smallest absolute Gasteiger partial charge is 0.252 e. The van der Waals surface area contributed by atoms with Gasteiger partial charge in [-0.25, -0.2) is 4.98 Å². The minimum absolute atomic E-state index is 0.0996. The Hall–Kier alpha value is -2.10. The molecule has 1 N–H and O–H groups in total. The van der Waals surface area contributed by atoms with Crippen molar-refractivity contribution < 1.29 is 0 Å². The van der Waals surface area contributed by atoms with Gasteiger partial charge in [-0.15, -0.1) is 0 Å². The lowest BCUT2D eigenvalue weighted by Crippen LogP contribution is -2.23. The lowest BCUT2D eigenvalue weighted by molar-refractivity contribution is 0.772. The minimum atomic E-state index is -0.0996. The van der Waals surface area contributed by atoms with Crippen LogP contribution in [0, 0.1) is 6.92 Å². The molecule has 19 heavy (non-hydrogen) atoms. The third kappa shape index (κ3) is 3.95. The molecule has 0 radical (unpaired) electrons. The molecule has 0 saturated carbocycles. The Labute approximate surface area is 113 Å². The summed E-state index contributed by atoms with van der Waals surface area (Å²) in [5.41, 5.74) is 1.24. The topological polar surface area (TPSA) is 49.0 Å². The fraction of sp³-hybridized carbons (Fsp3) is 0.333. The largest absolute Gasteiger partial charge is 0.359 e. The molecule has 0 aliphatic rings. The van der Waals surface area contributed by atoms with Crippen LogP contribution in [-0.4, -0.2) is 23.6 Å². The van der Waals surface area contributed by atoms with Crippen molar-refractivity contribution in [1.82, 2.24) is 9.97 Å². The first kappa shape index (κ1) is 13.3. The van der Waals surface area contributed by atoms with Crippen LogP contribution in [0.2, 0.25) is 0 Å². The van der Waals surface area contributed by atoms with Crippen molar-refractivity contribution in [3.63, 3.8) is 0 Å². The summed E-state index contributed by atoms with van der Waals surface area (Å²) in [5.74, 6) is 1.38. The van der Waals surface area contributed by atoms with Crippen molar-refractivity contribution in [2.45, 2.75) is 19.8 Å². The number of H-pyrrole nitrogens is 1. The summed E-state index contributed by atoms with van der Waals surface area (Å²) >= 11 is 0. The fourth-order valence-corrected chi connectivity index (χ4v) is 2.04. The lowest BCUT2D eigenvalue weighted by Gasteiger charge is -2.18. The van der Waals surface area contributed by atoms with E-state index in [1.54, 1.807) is 6.92 Å². The van der Waals surface area contributed by atoms with Gasteiger partial charge in [-0.1, -0.05) is 30.3 Å². The highest BCUT2D eigenvalue weighted by molar-refractivity contribution is 5.35. The van der Waals surface area contributed by atoms with E-state index < -0.39 is 0 Å². The molecule has 0 aliphatic heterocycles. The fourth-order valence-electron chi connectivity index (χ4n) is 2.04. The molecule has 0 saturated heterocycles. The number of nitrogens with one attached hydrogen (secondary N) is 1. The number of rotatable bonds is 5. The molecular weight excluding hydrogens is 238 g/mol. The van der Waals surface area contributed by atoms with Gasteiger partial charge in [0.1, 0.15) is 11.6 Å². The Morgan fingerprint density at radius 3 is 2.68 bits per heavy atom. The molecule has 0 aliphatic carbocycles. The Morgan fingerprint density at radius 1 is 1.26 bits per heavy atom. The molecule has 0 unspecified atom stereocenters. The van der Waals surface area contributed by atoms with E-state index in [9.17, 15) is 4.79 Å². The SMILES string of the molecule is Cc1nc(N(C)CCCc2ccccc2)cc(=O)[nH]1. The lowest BCUT2D eigenvalue weighted by atomic mass is 10.1. The number of aromatic nitrogens is 2. The zero-order chi connectivity index (χ0) is 13.7. The number of hydrogen-bond donors (Lipinski definition) is 1. The van der Waals surface area contributed by atoms with Crippen LogP contribution in [-0.2, 0) is 6.42 Å². The van der Waals surface area contributed by atoms with Crippen molar-refractivity contribution in [2.24, 2.45) is 0 Å². The van der Waals surface area contributed by atoms with Gasteiger partial charge in [0.25, 0.3) is 5.56 Å². The first-order chi connectivity index (χ1) is 9.15. The molecule has 1 heterocycles. The summed E-state index contributed by atoms with van der Waals surface area (Å²) in [7, 11) is 1.96. The van der Waals surface area contributed by atoms with Crippen LogP contribution in [0.4, 0.5) is 5.82 Å². The molecule has 2 aromatic rings. The van der Waals surface area contributed by atoms with Gasteiger partial charge in [0, 0.05) is 19.7 Å². The first-order valence-electron chi connectivity index (χ1n) is 6.48. The van der Waals surface area contributed by atoms with E-state index in [-0.39, 0.29) is 5.56 Å². The predicted molar refractivity (Wildman–Crippen MR) is 77.6 cm³/mol. The van der Waals surface area contributed by atoms with Gasteiger partial charge < -0.3 is 9.88 Å². The van der Waals surface area contributed by atoms with Crippen molar-refractivity contribution in [2.75, 3.05) is 18.5 Å². The second-order valence-corrected chi connectivity index (χ2v) is 4.70. The molecule has 1 aromatic heterocycles. The van der Waals surface area contributed by atoms with Gasteiger partial charge in [0.2, 0.25) is 0 Å². The Bertz CT molecular complexity index is 577. The van der Waals surface area contributed by atoms with Gasteiger partial charge in [0.15, 0.2) is 0 Å². The number of hydrogen-bond acceptors (Lipinski definition) is 3. The molecule has 4 nitrogen and oxygen atoms in total. The second kappa shape index (κ2) is 6.18. The first-order valence-corrected chi connectivity index (χ1v) is 6.48. The molecule has 2 rings (SSSR count). The van der Waals surface area contributed by atoms with Gasteiger partial charge in [-0.3, -0.25) is 4.79 Å². The average molecular weight is 257 g/mol. The summed E-state index contributed by atoms with van der Waals surface area (Å²) < 4.78 is 0. The van der Waals surface area contributed by atoms with Crippen LogP contribution in [0.25, 0.3) is 0 Å². The number of anilines is 1. The molecule has 0 spiro atoms. The Balaban J connectivity index is 1.91. The van der Waals surface area contributed by atoms with Gasteiger partial charge in [-0.2, -0.15) is 0 Å². The molecule has 0 fully saturated rings. The van der Waals surface area contributed by atoms with Crippen molar-refractivity contribution in [1.29, 1.82) is 0 Å². The molecule has 0 bridgehead atoms. The summed E-state index contributed by atoms with van der Waals surface area (Å²) in [5, 5.41) is 0. The third-order valence-electron chi connectivity index (χ3n) is 3.04. The molecule has 0 amide bonds. The quantitative estimate of drug-likeness (QED) is 0.893. The molecular formula is C15H19N3O. The van der Waals surface area contributed by atoms with E-state index in [4.69, 9.17) is 0 Å². The van der Waals surface area contributed by atoms with E-state index in [1.165, 1.54) is 11.6 Å². The van der Waals surface area contributed by atoms with Gasteiger partial charge >= 0.3 is 0 Å². The highest BCUT2D eigenvalue weighted by atomic mass is 16.1. The zero-order valence-electron chi connectivity index (χ0n) is 11.4. The van der Waals surface area contributed by atoms with E-state index >= 15 is 0 Å². The molecule has 100 valence electrons. The Morgan fingerprint density at radius 2 is 2.00 bits per heavy atom. The van der Waals surface area contributed by atoms with Gasteiger partial charge in [0.05, 0.1) is 0 Å². The summed E-state index contributed by atoms with van der Waals surface area (Å²) in [6.45, 7) is 2.67. The van der Waals surface area contributed by atoms with Crippen molar-refractivity contribution >= 4 is 5.82 Å². The monoisotopic (exact) mass is 257 g/mol. The van der Waals surface area contributed by atoms with Gasteiger partial charge in [-0.05, 0) is 25.3 Å². The van der Waals surface area contributed by atoms with Crippen molar-refractivity contribution in [3.05, 3.63) is 58.1 Å². The summed E-state index contributed by atoms with van der Waals surface area (Å²) in [6, 6.07) is 11.9. The minimum Gasteiger partial charge on any atom is -0.359 e. The maximum atomic E-state index is 11.4. The van der Waals surface area contributed by atoms with E-state index in [2.05, 4.69) is 34.2 Å². The number of benzene rings is 1. The maximum Gasteiger partial charge on any atom is 0.252 e. The van der Waals surface area contributed by atoms with Crippen LogP contribution in [0.15, 0.2) is 41.2 Å². The van der Waals surface area contributed by atoms with Crippen LogP contribution in [0.5, 0.6) is 0 Å². The van der Waals surface area contributed by atoms with Crippen LogP contribution in [0.3, 0.4) is 0 Å². The molecule has 1 aromatic carbocycles. The van der Waals surface area contributed by atoms with E-state index in [0.717, 1.165) is 25.2 Å². The standard InChI is InChI=1S/C15H19N3O/c1-12-16-14(11-15(19)17-12)18(2)10-6-9-13-7-4-3-5-8-13/h3-5,7-8,11H,6,9-10H2,1-2H3,(H,16,17,19). The van der Waals surface area contributed by atoms with E-state index in [0.29, 0.717) is 5.82 Å². The highest BCUT2D eigenvalue weighted by Gasteiger charge is 2.04. The van der Waals surface area contributed by atoms with Crippen LogP contribution < -0.4 is 10.5 Å². The normalized spacial score (nSPS) is 10.4. The highest BCUT2D eigenvalue weighted by Crippen LogP contribution is 2.08. The average Bonchev–Trinajstić information content (AvgIpc) is 2.38. The zero-order valence-corrected chi connectivity index (χ0v) is 11.4. The number of aryl methyl sites for hydroxylation is 2. The molecule has 4 heteroatoms. The summed E-state index contributed by atoms with van der Waals surface area (Å²) in [4.78, 5) is 20.4. The molecule has 0 atom stereocenters. The van der Waals surface area contributed by atoms with Crippen LogP contribution in [0.1, 0.15) is 17.8 Å². The maximum absolute atomic E-state index is 11.4. The van der Waals surface area contributed by atoms with E-state index in [1.807, 2.05) is 18.0 Å². The van der Waals surface area contributed by atoms with Crippen LogP contribution >= 0.6 is 0 Å². The number of aromatic amines is 1. The predicted octanol–water partition coefficient (Wildman–Crippen LogP) is 2.15.